The number of carbonyl (C=O) groups is 1. The lowest BCUT2D eigenvalue weighted by molar-refractivity contribution is -0.116. The minimum absolute atomic E-state index is 0.0185. The predicted octanol–water partition coefficient (Wildman–Crippen LogP) is 3.84. The number of carbonyl (C=O) groups excluding carboxylic acids is 1. The molecule has 0 aromatic carbocycles. The molecular weight excluding hydrogens is 354 g/mol. The Morgan fingerprint density at radius 2 is 1.96 bits per heavy atom. The quantitative estimate of drug-likeness (QED) is 0.747. The molecule has 7 nitrogen and oxygen atoms in total. The van der Waals surface area contributed by atoms with Gasteiger partial charge in [0.15, 0.2) is 0 Å². The number of nitrogens with zero attached hydrogens (tertiary/aromatic N) is 4. The van der Waals surface area contributed by atoms with Gasteiger partial charge in [-0.1, -0.05) is 19.3 Å². The van der Waals surface area contributed by atoms with Crippen LogP contribution >= 0.6 is 0 Å². The fraction of sp³-hybridized carbons (Fsp3) is 0.429. The van der Waals surface area contributed by atoms with Gasteiger partial charge < -0.3 is 9.73 Å². The van der Waals surface area contributed by atoms with E-state index in [1.165, 1.54) is 32.1 Å². The van der Waals surface area contributed by atoms with E-state index in [0.717, 1.165) is 28.5 Å². The van der Waals surface area contributed by atoms with E-state index in [1.807, 2.05) is 30.7 Å². The van der Waals surface area contributed by atoms with Crippen LogP contribution < -0.4 is 5.32 Å². The highest BCUT2D eigenvalue weighted by Crippen LogP contribution is 2.37. The summed E-state index contributed by atoms with van der Waals surface area (Å²) in [5.41, 5.74) is 1.97. The van der Waals surface area contributed by atoms with E-state index in [-0.39, 0.29) is 11.8 Å². The number of aromatic nitrogens is 4. The first kappa shape index (κ1) is 17.2. The van der Waals surface area contributed by atoms with Gasteiger partial charge in [0.2, 0.25) is 5.91 Å². The molecule has 0 radical (unpaired) electrons. The second-order valence-corrected chi connectivity index (χ2v) is 7.70. The lowest BCUT2D eigenvalue weighted by Crippen LogP contribution is -2.25. The first-order valence-electron chi connectivity index (χ1n) is 9.97. The molecule has 1 aliphatic heterocycles. The fourth-order valence-electron chi connectivity index (χ4n) is 4.34. The van der Waals surface area contributed by atoms with Gasteiger partial charge in [-0.25, -0.2) is 14.6 Å². The monoisotopic (exact) mass is 377 g/mol. The summed E-state index contributed by atoms with van der Waals surface area (Å²) in [5, 5.41) is 7.44. The predicted molar refractivity (Wildman–Crippen MR) is 103 cm³/mol. The standard InChI is InChI=1S/C21H23N5O2/c27-19-9-17(15-10-22-20(23-11-15)14-5-2-1-3-6-14)18-12-24-26(21(18)25-19)13-16-7-4-8-28-16/h4,7-8,10-12,14,17H,1-3,5-6,9,13H2,(H,25,27)/t17-/m1/s1. The number of hydrogen-bond donors (Lipinski definition) is 1. The topological polar surface area (TPSA) is 85.8 Å². The Labute approximate surface area is 163 Å². The molecule has 1 atom stereocenters. The number of anilines is 1. The number of amides is 1. The summed E-state index contributed by atoms with van der Waals surface area (Å²) in [4.78, 5) is 21.7. The SMILES string of the molecule is O=C1C[C@H](c2cnc(C3CCCCC3)nc2)c2cnn(Cc3ccco3)c2N1. The zero-order chi connectivity index (χ0) is 18.9. The molecule has 2 aliphatic rings. The molecule has 3 aromatic heterocycles. The van der Waals surface area contributed by atoms with Gasteiger partial charge in [0.25, 0.3) is 0 Å². The van der Waals surface area contributed by atoms with Crippen molar-refractivity contribution in [1.82, 2.24) is 19.7 Å². The number of fused-ring (bicyclic) bond motifs is 1. The Bertz CT molecular complexity index is 955. The van der Waals surface area contributed by atoms with E-state index in [1.54, 1.807) is 10.9 Å². The van der Waals surface area contributed by atoms with E-state index in [2.05, 4.69) is 20.4 Å². The van der Waals surface area contributed by atoms with Crippen molar-refractivity contribution < 1.29 is 9.21 Å². The maximum Gasteiger partial charge on any atom is 0.226 e. The summed E-state index contributed by atoms with van der Waals surface area (Å²) in [6.07, 6.45) is 13.8. The molecule has 144 valence electrons. The van der Waals surface area contributed by atoms with Gasteiger partial charge in [0.1, 0.15) is 23.9 Å². The van der Waals surface area contributed by atoms with Gasteiger partial charge in [-0.3, -0.25) is 4.79 Å². The Morgan fingerprint density at radius 3 is 2.71 bits per heavy atom. The zero-order valence-corrected chi connectivity index (χ0v) is 15.7. The van der Waals surface area contributed by atoms with Crippen LogP contribution in [0.25, 0.3) is 0 Å². The van der Waals surface area contributed by atoms with Crippen molar-refractivity contribution in [1.29, 1.82) is 0 Å². The van der Waals surface area contributed by atoms with Gasteiger partial charge in [0.05, 0.1) is 12.5 Å². The second-order valence-electron chi connectivity index (χ2n) is 7.70. The van der Waals surface area contributed by atoms with Crippen molar-refractivity contribution in [2.24, 2.45) is 0 Å². The first-order chi connectivity index (χ1) is 13.8. The highest BCUT2D eigenvalue weighted by molar-refractivity contribution is 5.94. The summed E-state index contributed by atoms with van der Waals surface area (Å²) < 4.78 is 7.19. The summed E-state index contributed by atoms with van der Waals surface area (Å²) >= 11 is 0. The summed E-state index contributed by atoms with van der Waals surface area (Å²) in [6, 6.07) is 3.74. The molecule has 1 N–H and O–H groups in total. The molecule has 3 aromatic rings. The minimum Gasteiger partial charge on any atom is -0.467 e. The van der Waals surface area contributed by atoms with Crippen LogP contribution in [0.2, 0.25) is 0 Å². The third-order valence-electron chi connectivity index (χ3n) is 5.84. The molecule has 5 rings (SSSR count). The molecular formula is C21H23N5O2. The van der Waals surface area contributed by atoms with Crippen LogP contribution in [0.15, 0.2) is 41.4 Å². The van der Waals surface area contributed by atoms with Crippen LogP contribution in [0.3, 0.4) is 0 Å². The lowest BCUT2D eigenvalue weighted by Gasteiger charge is -2.24. The number of furan rings is 1. The smallest absolute Gasteiger partial charge is 0.226 e. The average Bonchev–Trinajstić information content (AvgIpc) is 3.39. The lowest BCUT2D eigenvalue weighted by atomic mass is 9.87. The van der Waals surface area contributed by atoms with Crippen molar-refractivity contribution in [3.8, 4) is 0 Å². The molecule has 28 heavy (non-hydrogen) atoms. The molecule has 1 saturated carbocycles. The van der Waals surface area contributed by atoms with Crippen molar-refractivity contribution in [3.05, 3.63) is 59.7 Å². The number of rotatable bonds is 4. The molecule has 1 aliphatic carbocycles. The minimum atomic E-state index is -0.0745. The first-order valence-corrected chi connectivity index (χ1v) is 9.97. The van der Waals surface area contributed by atoms with Crippen molar-refractivity contribution >= 4 is 11.7 Å². The van der Waals surface area contributed by atoms with E-state index in [4.69, 9.17) is 4.42 Å². The molecule has 0 bridgehead atoms. The third kappa shape index (κ3) is 3.21. The van der Waals surface area contributed by atoms with Crippen LogP contribution in [0.1, 0.15) is 73.1 Å². The van der Waals surface area contributed by atoms with Crippen LogP contribution in [0.5, 0.6) is 0 Å². The number of hydrogen-bond acceptors (Lipinski definition) is 5. The van der Waals surface area contributed by atoms with E-state index >= 15 is 0 Å². The Hall–Kier alpha value is -2.96. The van der Waals surface area contributed by atoms with Gasteiger partial charge in [0, 0.05) is 36.2 Å². The molecule has 4 heterocycles. The summed E-state index contributed by atoms with van der Waals surface area (Å²) in [5.74, 6) is 2.85. The third-order valence-corrected chi connectivity index (χ3v) is 5.84. The average molecular weight is 377 g/mol. The van der Waals surface area contributed by atoms with Crippen LogP contribution in [-0.2, 0) is 11.3 Å². The van der Waals surface area contributed by atoms with Crippen molar-refractivity contribution in [2.45, 2.75) is 56.9 Å². The van der Waals surface area contributed by atoms with Gasteiger partial charge in [-0.2, -0.15) is 5.10 Å². The largest absolute Gasteiger partial charge is 0.467 e. The highest BCUT2D eigenvalue weighted by Gasteiger charge is 2.31. The zero-order valence-electron chi connectivity index (χ0n) is 15.7. The Kier molecular flexibility index (Phi) is 4.43. The van der Waals surface area contributed by atoms with Gasteiger partial charge >= 0.3 is 0 Å². The molecule has 0 spiro atoms. The maximum atomic E-state index is 12.4. The van der Waals surface area contributed by atoms with E-state index in [0.29, 0.717) is 18.9 Å². The van der Waals surface area contributed by atoms with E-state index < -0.39 is 0 Å². The van der Waals surface area contributed by atoms with Crippen molar-refractivity contribution in [3.63, 3.8) is 0 Å². The van der Waals surface area contributed by atoms with Gasteiger partial charge in [-0.15, -0.1) is 0 Å². The normalized spacial score (nSPS) is 20.0. The van der Waals surface area contributed by atoms with Crippen LogP contribution in [-0.4, -0.2) is 25.7 Å². The second kappa shape index (κ2) is 7.22. The van der Waals surface area contributed by atoms with Crippen LogP contribution in [0, 0.1) is 0 Å². The van der Waals surface area contributed by atoms with Gasteiger partial charge in [-0.05, 0) is 30.5 Å². The van der Waals surface area contributed by atoms with E-state index in [9.17, 15) is 4.79 Å². The maximum absolute atomic E-state index is 12.4. The Balaban J connectivity index is 1.42. The molecule has 0 saturated heterocycles. The Morgan fingerprint density at radius 1 is 1.14 bits per heavy atom. The summed E-state index contributed by atoms with van der Waals surface area (Å²) in [7, 11) is 0. The molecule has 7 heteroatoms. The summed E-state index contributed by atoms with van der Waals surface area (Å²) in [6.45, 7) is 0.479. The molecule has 0 unspecified atom stereocenters. The van der Waals surface area contributed by atoms with Crippen LogP contribution in [0.4, 0.5) is 5.82 Å². The number of nitrogens with one attached hydrogen (secondary N) is 1. The van der Waals surface area contributed by atoms with Crippen molar-refractivity contribution in [2.75, 3.05) is 5.32 Å². The fourth-order valence-corrected chi connectivity index (χ4v) is 4.34. The molecule has 1 fully saturated rings. The molecule has 1 amide bonds. The highest BCUT2D eigenvalue weighted by atomic mass is 16.3.